The first-order chi connectivity index (χ1) is 9.95. The second kappa shape index (κ2) is 4.07. The molecule has 2 unspecified atom stereocenters. The maximum atomic E-state index is 12.2. The van der Waals surface area contributed by atoms with Gasteiger partial charge in [0, 0.05) is 16.7 Å². The molecule has 21 heavy (non-hydrogen) atoms. The summed E-state index contributed by atoms with van der Waals surface area (Å²) in [6, 6.07) is 0. The van der Waals surface area contributed by atoms with Gasteiger partial charge in [-0.15, -0.1) is 0 Å². The second-order valence-corrected chi connectivity index (χ2v) is 7.48. The lowest BCUT2D eigenvalue weighted by atomic mass is 9.52. The number of hydrogen-bond donors (Lipinski definition) is 1. The van der Waals surface area contributed by atoms with Crippen molar-refractivity contribution in [1.82, 2.24) is 0 Å². The standard InChI is InChI=1S/C19H22O2/c1-18-9-7-13(20)11-12(18)3-4-14-15-5-6-17(21)19(15,2)10-8-16(14)18/h3-7,9,13,15-16,20H,8,10-11H2,1-2H3/t13-,15?,16?,18-,19-/m0/s1. The monoisotopic (exact) mass is 282 g/mol. The molecule has 0 spiro atoms. The largest absolute Gasteiger partial charge is 0.389 e. The van der Waals surface area contributed by atoms with E-state index in [1.807, 2.05) is 6.08 Å². The van der Waals surface area contributed by atoms with Crippen molar-refractivity contribution < 1.29 is 9.90 Å². The summed E-state index contributed by atoms with van der Waals surface area (Å²) >= 11 is 0. The Kier molecular flexibility index (Phi) is 2.57. The summed E-state index contributed by atoms with van der Waals surface area (Å²) < 4.78 is 0. The molecular formula is C19H22O2. The minimum absolute atomic E-state index is 0.0180. The average Bonchev–Trinajstić information content (AvgIpc) is 2.76. The molecule has 5 atom stereocenters. The highest BCUT2D eigenvalue weighted by Gasteiger charge is 2.53. The van der Waals surface area contributed by atoms with Gasteiger partial charge in [-0.2, -0.15) is 0 Å². The van der Waals surface area contributed by atoms with Gasteiger partial charge in [-0.1, -0.05) is 55.4 Å². The summed E-state index contributed by atoms with van der Waals surface area (Å²) in [7, 11) is 0. The summed E-state index contributed by atoms with van der Waals surface area (Å²) in [4.78, 5) is 12.2. The molecule has 4 aliphatic carbocycles. The number of ketones is 1. The van der Waals surface area contributed by atoms with E-state index in [4.69, 9.17) is 0 Å². The third-order valence-electron chi connectivity index (χ3n) is 6.39. The van der Waals surface area contributed by atoms with Crippen molar-refractivity contribution in [2.75, 3.05) is 0 Å². The molecule has 0 amide bonds. The van der Waals surface area contributed by atoms with Gasteiger partial charge in [0.15, 0.2) is 5.78 Å². The van der Waals surface area contributed by atoms with Crippen LogP contribution in [-0.2, 0) is 4.79 Å². The summed E-state index contributed by atoms with van der Waals surface area (Å²) in [5.41, 5.74) is 2.55. The molecule has 4 aliphatic rings. The Hall–Kier alpha value is -1.41. The number of rotatable bonds is 0. The zero-order chi connectivity index (χ0) is 14.8. The molecule has 1 N–H and O–H groups in total. The first-order valence-corrected chi connectivity index (χ1v) is 7.96. The van der Waals surface area contributed by atoms with Gasteiger partial charge < -0.3 is 5.11 Å². The molecule has 2 heteroatoms. The lowest BCUT2D eigenvalue weighted by Gasteiger charge is -2.51. The molecule has 4 rings (SSSR count). The molecule has 0 aromatic rings. The van der Waals surface area contributed by atoms with Crippen molar-refractivity contribution in [3.8, 4) is 0 Å². The van der Waals surface area contributed by atoms with Crippen LogP contribution in [0.25, 0.3) is 0 Å². The van der Waals surface area contributed by atoms with Gasteiger partial charge >= 0.3 is 0 Å². The first-order valence-electron chi connectivity index (χ1n) is 7.96. The van der Waals surface area contributed by atoms with Gasteiger partial charge in [-0.25, -0.2) is 0 Å². The highest BCUT2D eigenvalue weighted by molar-refractivity contribution is 5.98. The SMILES string of the molecule is C[C@]12C=C[C@H](O)CC1=CC=C1C2CC[C@]2(C)C(=O)C=CC12. The minimum Gasteiger partial charge on any atom is -0.389 e. The van der Waals surface area contributed by atoms with Crippen molar-refractivity contribution >= 4 is 5.78 Å². The van der Waals surface area contributed by atoms with Crippen LogP contribution in [0, 0.1) is 22.7 Å². The van der Waals surface area contributed by atoms with E-state index in [2.05, 4.69) is 38.2 Å². The Bertz CT molecular complexity index is 636. The van der Waals surface area contributed by atoms with Gasteiger partial charge in [0.05, 0.1) is 6.10 Å². The Labute approximate surface area is 125 Å². The molecule has 1 fully saturated rings. The molecular weight excluding hydrogens is 260 g/mol. The van der Waals surface area contributed by atoms with E-state index in [1.165, 1.54) is 11.1 Å². The second-order valence-electron chi connectivity index (χ2n) is 7.48. The third kappa shape index (κ3) is 1.60. The number of aliphatic hydroxyl groups excluding tert-OH is 1. The summed E-state index contributed by atoms with van der Waals surface area (Å²) in [6.07, 6.45) is 14.9. The van der Waals surface area contributed by atoms with Crippen molar-refractivity contribution in [2.45, 2.75) is 39.2 Å². The number of allylic oxidation sites excluding steroid dienone is 6. The van der Waals surface area contributed by atoms with Crippen LogP contribution in [0.5, 0.6) is 0 Å². The maximum absolute atomic E-state index is 12.2. The smallest absolute Gasteiger partial charge is 0.162 e. The molecule has 0 aromatic carbocycles. The molecule has 0 bridgehead atoms. The fourth-order valence-electron chi connectivity index (χ4n) is 4.91. The Morgan fingerprint density at radius 1 is 1.24 bits per heavy atom. The van der Waals surface area contributed by atoms with Crippen LogP contribution >= 0.6 is 0 Å². The van der Waals surface area contributed by atoms with Crippen LogP contribution in [0.2, 0.25) is 0 Å². The molecule has 110 valence electrons. The molecule has 0 aliphatic heterocycles. The maximum Gasteiger partial charge on any atom is 0.162 e. The highest BCUT2D eigenvalue weighted by atomic mass is 16.3. The lowest BCUT2D eigenvalue weighted by Crippen LogP contribution is -2.44. The number of fused-ring (bicyclic) bond motifs is 5. The van der Waals surface area contributed by atoms with Crippen molar-refractivity contribution in [2.24, 2.45) is 22.7 Å². The Morgan fingerprint density at radius 2 is 2.05 bits per heavy atom. The van der Waals surface area contributed by atoms with Crippen LogP contribution in [0.4, 0.5) is 0 Å². The van der Waals surface area contributed by atoms with Gasteiger partial charge in [0.1, 0.15) is 0 Å². The van der Waals surface area contributed by atoms with Crippen LogP contribution < -0.4 is 0 Å². The number of aliphatic hydroxyl groups is 1. The number of hydrogen-bond acceptors (Lipinski definition) is 2. The van der Waals surface area contributed by atoms with E-state index in [0.717, 1.165) is 19.3 Å². The fraction of sp³-hybridized carbons (Fsp3) is 0.526. The molecule has 0 saturated heterocycles. The highest BCUT2D eigenvalue weighted by Crippen LogP contribution is 2.59. The summed E-state index contributed by atoms with van der Waals surface area (Å²) in [6.45, 7) is 4.42. The zero-order valence-electron chi connectivity index (χ0n) is 12.7. The number of carbonyl (C=O) groups excluding carboxylic acids is 1. The van der Waals surface area contributed by atoms with Crippen molar-refractivity contribution in [3.63, 3.8) is 0 Å². The fourth-order valence-corrected chi connectivity index (χ4v) is 4.91. The third-order valence-corrected chi connectivity index (χ3v) is 6.39. The Morgan fingerprint density at radius 3 is 2.86 bits per heavy atom. The van der Waals surface area contributed by atoms with Crippen molar-refractivity contribution in [3.05, 3.63) is 47.6 Å². The van der Waals surface area contributed by atoms with Crippen molar-refractivity contribution in [1.29, 1.82) is 0 Å². The van der Waals surface area contributed by atoms with E-state index < -0.39 is 0 Å². The van der Waals surface area contributed by atoms with Crippen LogP contribution in [0.1, 0.15) is 33.1 Å². The quantitative estimate of drug-likeness (QED) is 0.692. The zero-order valence-corrected chi connectivity index (χ0v) is 12.7. The van der Waals surface area contributed by atoms with Gasteiger partial charge in [0.2, 0.25) is 0 Å². The van der Waals surface area contributed by atoms with E-state index in [0.29, 0.717) is 11.7 Å². The van der Waals surface area contributed by atoms with Crippen LogP contribution in [0.3, 0.4) is 0 Å². The molecule has 0 radical (unpaired) electrons. The average molecular weight is 282 g/mol. The summed E-state index contributed by atoms with van der Waals surface area (Å²) in [5.74, 6) is 1.02. The van der Waals surface area contributed by atoms with Crippen LogP contribution in [-0.4, -0.2) is 17.0 Å². The molecule has 1 saturated carbocycles. The van der Waals surface area contributed by atoms with Gasteiger partial charge in [0.25, 0.3) is 0 Å². The summed E-state index contributed by atoms with van der Waals surface area (Å²) in [5, 5.41) is 9.88. The molecule has 2 nitrogen and oxygen atoms in total. The predicted octanol–water partition coefficient (Wildman–Crippen LogP) is 3.35. The number of carbonyl (C=O) groups is 1. The predicted molar refractivity (Wildman–Crippen MR) is 82.5 cm³/mol. The molecule has 0 heterocycles. The normalized spacial score (nSPS) is 47.4. The molecule has 0 aromatic heterocycles. The van der Waals surface area contributed by atoms with Gasteiger partial charge in [-0.3, -0.25) is 4.79 Å². The van der Waals surface area contributed by atoms with E-state index in [1.54, 1.807) is 6.08 Å². The van der Waals surface area contributed by atoms with Gasteiger partial charge in [-0.05, 0) is 31.3 Å². The lowest BCUT2D eigenvalue weighted by molar-refractivity contribution is -0.124. The van der Waals surface area contributed by atoms with E-state index in [9.17, 15) is 9.90 Å². The minimum atomic E-state index is -0.346. The van der Waals surface area contributed by atoms with Crippen LogP contribution in [0.15, 0.2) is 47.6 Å². The van der Waals surface area contributed by atoms with E-state index in [-0.39, 0.29) is 22.9 Å². The van der Waals surface area contributed by atoms with E-state index >= 15 is 0 Å². The Balaban J connectivity index is 1.81. The topological polar surface area (TPSA) is 37.3 Å². The first kappa shape index (κ1) is 13.3.